The lowest BCUT2D eigenvalue weighted by Crippen LogP contribution is -2.05. The third-order valence-corrected chi connectivity index (χ3v) is 4.96. The molecule has 28 heavy (non-hydrogen) atoms. The van der Waals surface area contributed by atoms with Crippen molar-refractivity contribution < 1.29 is 9.13 Å². The number of rotatable bonds is 7. The smallest absolute Gasteiger partial charge is 0.266 e. The van der Waals surface area contributed by atoms with Crippen LogP contribution in [0.4, 0.5) is 4.39 Å². The molecule has 1 N–H and O–H groups in total. The summed E-state index contributed by atoms with van der Waals surface area (Å²) >= 11 is 1.48. The molecular weight excluding hydrogens is 379 g/mol. The van der Waals surface area contributed by atoms with Crippen molar-refractivity contribution in [3.05, 3.63) is 76.8 Å². The highest BCUT2D eigenvalue weighted by atomic mass is 32.2. The number of aromatic amines is 1. The summed E-state index contributed by atoms with van der Waals surface area (Å²) in [7, 11) is 0. The molecule has 6 nitrogen and oxygen atoms in total. The molecule has 0 bridgehead atoms. The molecule has 0 radical (unpaired) electrons. The molecule has 0 saturated carbocycles. The fourth-order valence-corrected chi connectivity index (χ4v) is 3.53. The minimum absolute atomic E-state index is 0.264. The van der Waals surface area contributed by atoms with Gasteiger partial charge >= 0.3 is 0 Å². The van der Waals surface area contributed by atoms with Crippen molar-refractivity contribution in [2.45, 2.75) is 11.6 Å². The highest BCUT2D eigenvalue weighted by molar-refractivity contribution is 7.99. The summed E-state index contributed by atoms with van der Waals surface area (Å²) in [5, 5.41) is 3.28. The minimum Gasteiger partial charge on any atom is -0.494 e. The van der Waals surface area contributed by atoms with Gasteiger partial charge in [-0.2, -0.15) is 0 Å². The first-order valence-electron chi connectivity index (χ1n) is 8.75. The predicted octanol–water partition coefficient (Wildman–Crippen LogP) is 3.78. The van der Waals surface area contributed by atoms with E-state index in [0.717, 1.165) is 17.9 Å². The maximum atomic E-state index is 13.6. The predicted molar refractivity (Wildman–Crippen MR) is 106 cm³/mol. The van der Waals surface area contributed by atoms with Crippen molar-refractivity contribution in [2.24, 2.45) is 0 Å². The molecule has 0 aliphatic heterocycles. The number of benzene rings is 2. The van der Waals surface area contributed by atoms with Crippen LogP contribution in [0.25, 0.3) is 17.0 Å². The van der Waals surface area contributed by atoms with Crippen LogP contribution < -0.4 is 10.3 Å². The number of nitrogens with zero attached hydrogens (tertiary/aromatic N) is 3. The number of ether oxygens (including phenoxy) is 1. The maximum absolute atomic E-state index is 13.6. The monoisotopic (exact) mass is 396 g/mol. The number of aromatic nitrogens is 4. The zero-order valence-corrected chi connectivity index (χ0v) is 15.7. The van der Waals surface area contributed by atoms with Gasteiger partial charge in [0.05, 0.1) is 6.61 Å². The van der Waals surface area contributed by atoms with E-state index >= 15 is 0 Å². The Hall–Kier alpha value is -3.13. The van der Waals surface area contributed by atoms with Gasteiger partial charge in [-0.05, 0) is 30.7 Å². The molecule has 0 amide bonds. The maximum Gasteiger partial charge on any atom is 0.266 e. The van der Waals surface area contributed by atoms with Crippen LogP contribution in [-0.2, 0) is 0 Å². The van der Waals surface area contributed by atoms with Crippen LogP contribution in [0, 0.1) is 5.82 Å². The van der Waals surface area contributed by atoms with Crippen LogP contribution >= 0.6 is 11.8 Å². The Kier molecular flexibility index (Phi) is 5.38. The Morgan fingerprint density at radius 1 is 1.07 bits per heavy atom. The van der Waals surface area contributed by atoms with E-state index in [2.05, 4.69) is 15.1 Å². The van der Waals surface area contributed by atoms with Crippen molar-refractivity contribution in [1.82, 2.24) is 19.6 Å². The molecule has 0 aliphatic rings. The molecule has 0 fully saturated rings. The summed E-state index contributed by atoms with van der Waals surface area (Å²) in [6.45, 7) is 0.574. The normalized spacial score (nSPS) is 11.0. The van der Waals surface area contributed by atoms with E-state index in [-0.39, 0.29) is 11.4 Å². The quantitative estimate of drug-likeness (QED) is 0.380. The van der Waals surface area contributed by atoms with Gasteiger partial charge in [0.25, 0.3) is 5.56 Å². The lowest BCUT2D eigenvalue weighted by Gasteiger charge is -2.08. The number of fused-ring (bicyclic) bond motifs is 1. The van der Waals surface area contributed by atoms with Gasteiger partial charge in [0.15, 0.2) is 16.6 Å². The molecule has 142 valence electrons. The second-order valence-electron chi connectivity index (χ2n) is 6.02. The summed E-state index contributed by atoms with van der Waals surface area (Å²) in [4.78, 5) is 20.6. The van der Waals surface area contributed by atoms with Crippen molar-refractivity contribution in [3.8, 4) is 17.1 Å². The third-order valence-electron chi connectivity index (χ3n) is 3.94. The number of H-pyrrole nitrogens is 1. The van der Waals surface area contributed by atoms with E-state index in [0.29, 0.717) is 28.8 Å². The Labute approximate surface area is 164 Å². The first kappa shape index (κ1) is 18.2. The van der Waals surface area contributed by atoms with Gasteiger partial charge in [-0.15, -0.1) is 0 Å². The van der Waals surface area contributed by atoms with Gasteiger partial charge in [-0.1, -0.05) is 42.1 Å². The van der Waals surface area contributed by atoms with Gasteiger partial charge < -0.3 is 4.74 Å². The van der Waals surface area contributed by atoms with Crippen molar-refractivity contribution in [1.29, 1.82) is 0 Å². The zero-order chi connectivity index (χ0) is 19.3. The van der Waals surface area contributed by atoms with E-state index < -0.39 is 0 Å². The number of halogens is 1. The lowest BCUT2D eigenvalue weighted by molar-refractivity contribution is 0.318. The summed E-state index contributed by atoms with van der Waals surface area (Å²) in [5.74, 6) is 1.59. The summed E-state index contributed by atoms with van der Waals surface area (Å²) < 4.78 is 20.8. The van der Waals surface area contributed by atoms with Crippen LogP contribution in [-0.4, -0.2) is 31.9 Å². The molecule has 2 heterocycles. The summed E-state index contributed by atoms with van der Waals surface area (Å²) in [5.41, 5.74) is 0.743. The Bertz CT molecular complexity index is 1140. The van der Waals surface area contributed by atoms with Crippen molar-refractivity contribution in [2.75, 3.05) is 12.4 Å². The van der Waals surface area contributed by atoms with Crippen LogP contribution in [0.2, 0.25) is 0 Å². The Morgan fingerprint density at radius 3 is 2.75 bits per heavy atom. The van der Waals surface area contributed by atoms with Gasteiger partial charge in [0, 0.05) is 17.4 Å². The Morgan fingerprint density at radius 2 is 1.93 bits per heavy atom. The summed E-state index contributed by atoms with van der Waals surface area (Å²) in [6, 6.07) is 17.1. The van der Waals surface area contributed by atoms with E-state index in [1.54, 1.807) is 16.6 Å². The van der Waals surface area contributed by atoms with Gasteiger partial charge in [0.2, 0.25) is 0 Å². The molecule has 4 rings (SSSR count). The summed E-state index contributed by atoms with van der Waals surface area (Å²) in [6.07, 6.45) is 0.797. The number of para-hydroxylation sites is 1. The van der Waals surface area contributed by atoms with Gasteiger partial charge in [-0.25, -0.2) is 18.9 Å². The molecule has 0 saturated heterocycles. The minimum atomic E-state index is -0.361. The number of thioether (sulfide) groups is 1. The highest BCUT2D eigenvalue weighted by Crippen LogP contribution is 2.22. The topological polar surface area (TPSA) is 72.3 Å². The molecule has 2 aromatic carbocycles. The van der Waals surface area contributed by atoms with Crippen LogP contribution in [0.15, 0.2) is 70.6 Å². The largest absolute Gasteiger partial charge is 0.494 e. The molecule has 4 aromatic rings. The molecule has 0 unspecified atom stereocenters. The fourth-order valence-electron chi connectivity index (χ4n) is 2.67. The molecule has 0 spiro atoms. The van der Waals surface area contributed by atoms with E-state index in [1.807, 2.05) is 30.3 Å². The molecule has 2 aromatic heterocycles. The molecule has 0 aliphatic carbocycles. The highest BCUT2D eigenvalue weighted by Gasteiger charge is 2.12. The van der Waals surface area contributed by atoms with Crippen LogP contribution in [0.3, 0.4) is 0 Å². The average Bonchev–Trinajstić information content (AvgIpc) is 3.09. The molecule has 0 atom stereocenters. The number of hydrogen-bond donors (Lipinski definition) is 1. The molecule has 8 heteroatoms. The number of hydrogen-bond acceptors (Lipinski definition) is 5. The third kappa shape index (κ3) is 4.23. The van der Waals surface area contributed by atoms with Gasteiger partial charge in [-0.3, -0.25) is 9.89 Å². The first-order valence-corrected chi connectivity index (χ1v) is 9.74. The zero-order valence-electron chi connectivity index (χ0n) is 14.8. The average molecular weight is 396 g/mol. The van der Waals surface area contributed by atoms with E-state index in [4.69, 9.17) is 4.74 Å². The standard InChI is InChI=1S/C20H17FN4O2S/c21-15-7-4-6-14(12-15)19-22-17-13-18(26)24-25(17)20(23-19)28-11-5-10-27-16-8-2-1-3-9-16/h1-4,6-9,12-13H,5,10-11H2,(H,24,26). The van der Waals surface area contributed by atoms with Gasteiger partial charge in [0.1, 0.15) is 11.6 Å². The Balaban J connectivity index is 1.50. The SMILES string of the molecule is O=c1cc2nc(-c3cccc(F)c3)nc(SCCCOc3ccccc3)n2[nH]1. The van der Waals surface area contributed by atoms with Crippen LogP contribution in [0.1, 0.15) is 6.42 Å². The number of nitrogens with one attached hydrogen (secondary N) is 1. The van der Waals surface area contributed by atoms with E-state index in [9.17, 15) is 9.18 Å². The fraction of sp³-hybridized carbons (Fsp3) is 0.150. The van der Waals surface area contributed by atoms with Crippen molar-refractivity contribution in [3.63, 3.8) is 0 Å². The van der Waals surface area contributed by atoms with Crippen molar-refractivity contribution >= 4 is 17.4 Å². The second-order valence-corrected chi connectivity index (χ2v) is 7.08. The second kappa shape index (κ2) is 8.26. The van der Waals surface area contributed by atoms with E-state index in [1.165, 1.54) is 30.0 Å². The molecular formula is C20H17FN4O2S. The lowest BCUT2D eigenvalue weighted by atomic mass is 10.2. The first-order chi connectivity index (χ1) is 13.7. The van der Waals surface area contributed by atoms with Crippen LogP contribution in [0.5, 0.6) is 5.75 Å².